The first-order valence-corrected chi connectivity index (χ1v) is 12.4. The average Bonchev–Trinajstić information content (AvgIpc) is 2.84. The van der Waals surface area contributed by atoms with Gasteiger partial charge in [0.2, 0.25) is 0 Å². The third-order valence-corrected chi connectivity index (χ3v) is 6.01. The third kappa shape index (κ3) is 8.37. The second kappa shape index (κ2) is 16.1. The van der Waals surface area contributed by atoms with Crippen LogP contribution in [0.2, 0.25) is 0 Å². The van der Waals surface area contributed by atoms with E-state index in [1.54, 1.807) is 0 Å². The lowest BCUT2D eigenvalue weighted by Crippen LogP contribution is -2.33. The van der Waals surface area contributed by atoms with E-state index in [4.69, 9.17) is 5.26 Å². The molecule has 1 rings (SSSR count). The molecule has 1 aromatic rings. The van der Waals surface area contributed by atoms with E-state index in [9.17, 15) is 5.11 Å². The van der Waals surface area contributed by atoms with Gasteiger partial charge in [-0.1, -0.05) is 97.0 Å². The summed E-state index contributed by atoms with van der Waals surface area (Å²) < 4.78 is 0. The largest absolute Gasteiger partial charge is 0.376 e. The fraction of sp³-hybridized carbons (Fsp3) is 0.500. The Morgan fingerprint density at radius 2 is 1.82 bits per heavy atom. The van der Waals surface area contributed by atoms with E-state index in [0.717, 1.165) is 59.2 Å². The van der Waals surface area contributed by atoms with Crippen molar-refractivity contribution >= 4 is 5.57 Å². The first-order valence-electron chi connectivity index (χ1n) is 12.4. The molecule has 0 aliphatic carbocycles. The van der Waals surface area contributed by atoms with Gasteiger partial charge in [0, 0.05) is 25.2 Å². The first kappa shape index (κ1) is 30.4. The summed E-state index contributed by atoms with van der Waals surface area (Å²) >= 11 is 0. The summed E-state index contributed by atoms with van der Waals surface area (Å²) in [6.45, 7) is 19.1. The van der Waals surface area contributed by atoms with Gasteiger partial charge in [-0.05, 0) is 48.5 Å². The molecule has 0 spiro atoms. The standard InChI is InChI=1S/C28H40N2O.C2H6.H2/c1-8-12-13-22(5)25(10-3)26(24-16-14-23(15-17-24)18-20-29)27(30(7)21-31)28(6,11-4)19-9-2;1-2;/h10,12-17,31H,3,8-9,11,18-19,21H2,1-2,4-7H3;1-2H3;1H/b13-12-,25-22+,27-26-;;. The minimum Gasteiger partial charge on any atom is -0.376 e. The van der Waals surface area contributed by atoms with Crippen LogP contribution < -0.4 is 0 Å². The van der Waals surface area contributed by atoms with Crippen LogP contribution in [0.3, 0.4) is 0 Å². The molecule has 33 heavy (non-hydrogen) atoms. The zero-order valence-electron chi connectivity index (χ0n) is 22.3. The van der Waals surface area contributed by atoms with E-state index in [1.807, 2.05) is 44.0 Å². The lowest BCUT2D eigenvalue weighted by atomic mass is 9.74. The van der Waals surface area contributed by atoms with Gasteiger partial charge in [0.05, 0.1) is 12.5 Å². The van der Waals surface area contributed by atoms with Crippen LogP contribution in [0, 0.1) is 16.7 Å². The number of nitriles is 1. The Hall–Kier alpha value is -2.57. The predicted octanol–water partition coefficient (Wildman–Crippen LogP) is 8.30. The van der Waals surface area contributed by atoms with Gasteiger partial charge in [-0.15, -0.1) is 0 Å². The molecule has 0 aliphatic heterocycles. The van der Waals surface area contributed by atoms with Crippen molar-refractivity contribution in [2.75, 3.05) is 13.8 Å². The van der Waals surface area contributed by atoms with Crippen molar-refractivity contribution < 1.29 is 6.53 Å². The van der Waals surface area contributed by atoms with Crippen LogP contribution in [0.25, 0.3) is 5.57 Å². The van der Waals surface area contributed by atoms with Crippen LogP contribution in [-0.4, -0.2) is 23.8 Å². The molecular weight excluding hydrogens is 404 g/mol. The number of hydrogen-bond donors (Lipinski definition) is 1. The Morgan fingerprint density at radius 3 is 2.24 bits per heavy atom. The molecule has 0 amide bonds. The minimum atomic E-state index is -0.101. The molecule has 3 heteroatoms. The van der Waals surface area contributed by atoms with Gasteiger partial charge in [-0.25, -0.2) is 0 Å². The molecule has 0 saturated heterocycles. The van der Waals surface area contributed by atoms with Crippen LogP contribution in [0.1, 0.15) is 86.7 Å². The molecule has 1 atom stereocenters. The van der Waals surface area contributed by atoms with E-state index in [0.29, 0.717) is 6.42 Å². The highest BCUT2D eigenvalue weighted by Gasteiger charge is 2.33. The molecule has 0 bridgehead atoms. The molecule has 0 aliphatic rings. The van der Waals surface area contributed by atoms with E-state index in [1.165, 1.54) is 0 Å². The molecular formula is C30H48N2O. The maximum atomic E-state index is 10.2. The summed E-state index contributed by atoms with van der Waals surface area (Å²) in [6.07, 6.45) is 10.7. The highest BCUT2D eigenvalue weighted by Crippen LogP contribution is 2.44. The Kier molecular flexibility index (Phi) is 14.9. The van der Waals surface area contributed by atoms with Crippen molar-refractivity contribution in [2.24, 2.45) is 5.41 Å². The van der Waals surface area contributed by atoms with E-state index >= 15 is 0 Å². The zero-order chi connectivity index (χ0) is 25.4. The van der Waals surface area contributed by atoms with Gasteiger partial charge in [0.1, 0.15) is 6.73 Å². The van der Waals surface area contributed by atoms with Gasteiger partial charge in [0.15, 0.2) is 0 Å². The van der Waals surface area contributed by atoms with E-state index in [-0.39, 0.29) is 13.6 Å². The second-order valence-corrected chi connectivity index (χ2v) is 8.37. The molecule has 0 saturated carbocycles. The Morgan fingerprint density at radius 1 is 1.21 bits per heavy atom. The molecule has 1 unspecified atom stereocenters. The predicted molar refractivity (Wildman–Crippen MR) is 147 cm³/mol. The smallest absolute Gasteiger partial charge is 0.115 e. The van der Waals surface area contributed by atoms with Crippen LogP contribution in [-0.2, 0) is 6.42 Å². The summed E-state index contributed by atoms with van der Waals surface area (Å²) in [7, 11) is 1.96. The number of allylic oxidation sites excluding steroid dienone is 7. The number of nitrogens with zero attached hydrogens (tertiary/aromatic N) is 2. The topological polar surface area (TPSA) is 47.3 Å². The highest BCUT2D eigenvalue weighted by molar-refractivity contribution is 5.85. The van der Waals surface area contributed by atoms with Gasteiger partial charge in [-0.2, -0.15) is 5.26 Å². The fourth-order valence-electron chi connectivity index (χ4n) is 4.18. The van der Waals surface area contributed by atoms with Crippen molar-refractivity contribution in [2.45, 2.75) is 80.6 Å². The highest BCUT2D eigenvalue weighted by atomic mass is 16.3. The summed E-state index contributed by atoms with van der Waals surface area (Å²) in [4.78, 5) is 1.97. The number of hydrogen-bond acceptors (Lipinski definition) is 3. The van der Waals surface area contributed by atoms with E-state index < -0.39 is 0 Å². The molecule has 3 nitrogen and oxygen atoms in total. The van der Waals surface area contributed by atoms with Crippen molar-refractivity contribution in [3.63, 3.8) is 0 Å². The number of aliphatic hydroxyl groups is 1. The maximum Gasteiger partial charge on any atom is 0.115 e. The van der Waals surface area contributed by atoms with Gasteiger partial charge < -0.3 is 10.0 Å². The summed E-state index contributed by atoms with van der Waals surface area (Å²) in [5, 5.41) is 19.2. The Labute approximate surface area is 205 Å². The molecule has 0 aromatic heterocycles. The average molecular weight is 453 g/mol. The number of rotatable bonds is 12. The minimum absolute atomic E-state index is 0. The quantitative estimate of drug-likeness (QED) is 0.256. The molecule has 0 fully saturated rings. The number of aliphatic hydroxyl groups excluding tert-OH is 1. The van der Waals surface area contributed by atoms with Crippen molar-refractivity contribution in [3.05, 3.63) is 77.0 Å². The second-order valence-electron chi connectivity index (χ2n) is 8.37. The van der Waals surface area contributed by atoms with Crippen LogP contribution >= 0.6 is 0 Å². The normalized spacial score (nSPS) is 14.3. The van der Waals surface area contributed by atoms with Crippen molar-refractivity contribution in [1.29, 1.82) is 5.26 Å². The molecule has 1 aromatic carbocycles. The van der Waals surface area contributed by atoms with Crippen LogP contribution in [0.15, 0.2) is 65.9 Å². The first-order chi connectivity index (χ1) is 15.8. The Balaban J connectivity index is 0. The van der Waals surface area contributed by atoms with E-state index in [2.05, 4.69) is 71.6 Å². The third-order valence-electron chi connectivity index (χ3n) is 6.01. The lowest BCUT2D eigenvalue weighted by Gasteiger charge is -2.39. The molecule has 1 N–H and O–H groups in total. The monoisotopic (exact) mass is 452 g/mol. The fourth-order valence-corrected chi connectivity index (χ4v) is 4.18. The van der Waals surface area contributed by atoms with Crippen LogP contribution in [0.4, 0.5) is 0 Å². The maximum absolute atomic E-state index is 10.2. The van der Waals surface area contributed by atoms with Gasteiger partial charge in [0.25, 0.3) is 0 Å². The van der Waals surface area contributed by atoms with Crippen molar-refractivity contribution in [1.82, 2.24) is 4.90 Å². The molecule has 0 heterocycles. The SMILES string of the molecule is C=CC(/C(=C(\N(C)CO)C(C)(CC)CCC)c1ccc(CC#N)cc1)=C(C)\C=C/CC.CC.[HH]. The molecule has 0 radical (unpaired) electrons. The number of benzene rings is 1. The lowest BCUT2D eigenvalue weighted by molar-refractivity contribution is 0.129. The summed E-state index contributed by atoms with van der Waals surface area (Å²) in [5.41, 5.74) is 6.43. The summed E-state index contributed by atoms with van der Waals surface area (Å²) in [6, 6.07) is 10.5. The van der Waals surface area contributed by atoms with Gasteiger partial charge >= 0.3 is 0 Å². The summed E-state index contributed by atoms with van der Waals surface area (Å²) in [5.74, 6) is 0. The molecule has 184 valence electrons. The van der Waals surface area contributed by atoms with Crippen LogP contribution in [0.5, 0.6) is 0 Å². The Bertz CT molecular complexity index is 859. The van der Waals surface area contributed by atoms with Crippen molar-refractivity contribution in [3.8, 4) is 6.07 Å². The zero-order valence-corrected chi connectivity index (χ0v) is 22.3. The van der Waals surface area contributed by atoms with Gasteiger partial charge in [-0.3, -0.25) is 0 Å².